The van der Waals surface area contributed by atoms with E-state index in [1.165, 1.54) is 6.07 Å². The second-order valence-electron chi connectivity index (χ2n) is 3.85. The third kappa shape index (κ3) is 3.17. The van der Waals surface area contributed by atoms with Crippen LogP contribution in [0.25, 0.3) is 0 Å². The molecule has 1 unspecified atom stereocenters. The van der Waals surface area contributed by atoms with Gasteiger partial charge in [0.15, 0.2) is 0 Å². The largest absolute Gasteiger partial charge is 0.395 e. The maximum atomic E-state index is 13.8. The summed E-state index contributed by atoms with van der Waals surface area (Å²) in [5.41, 5.74) is 0.551. The predicted octanol–water partition coefficient (Wildman–Crippen LogP) is 2.90. The van der Waals surface area contributed by atoms with Gasteiger partial charge in [-0.2, -0.15) is 0 Å². The standard InChI is InChI=1S/C12H17ClFNO/c1-3-11(15-8(2)7-16)9-5-4-6-10(13)12(9)14/h4-6,8,11,15-16H,3,7H2,1-2H3/t8-,11?/m0/s1. The van der Waals surface area contributed by atoms with Gasteiger partial charge in [-0.3, -0.25) is 0 Å². The van der Waals surface area contributed by atoms with Gasteiger partial charge in [-0.25, -0.2) is 4.39 Å². The van der Waals surface area contributed by atoms with Crippen molar-refractivity contribution in [1.82, 2.24) is 5.32 Å². The smallest absolute Gasteiger partial charge is 0.146 e. The second-order valence-corrected chi connectivity index (χ2v) is 4.26. The molecule has 0 radical (unpaired) electrons. The summed E-state index contributed by atoms with van der Waals surface area (Å²) in [6, 6.07) is 4.79. The first-order valence-electron chi connectivity index (χ1n) is 5.41. The van der Waals surface area contributed by atoms with E-state index < -0.39 is 0 Å². The zero-order valence-electron chi connectivity index (χ0n) is 9.50. The molecule has 0 spiro atoms. The van der Waals surface area contributed by atoms with Crippen molar-refractivity contribution in [3.05, 3.63) is 34.6 Å². The highest BCUT2D eigenvalue weighted by molar-refractivity contribution is 6.30. The fraction of sp³-hybridized carbons (Fsp3) is 0.500. The molecule has 16 heavy (non-hydrogen) atoms. The topological polar surface area (TPSA) is 32.3 Å². The average molecular weight is 246 g/mol. The van der Waals surface area contributed by atoms with Crippen molar-refractivity contribution >= 4 is 11.6 Å². The molecule has 0 saturated carbocycles. The monoisotopic (exact) mass is 245 g/mol. The van der Waals surface area contributed by atoms with Gasteiger partial charge in [0.05, 0.1) is 11.6 Å². The van der Waals surface area contributed by atoms with Crippen molar-refractivity contribution in [2.75, 3.05) is 6.61 Å². The molecule has 0 aliphatic carbocycles. The lowest BCUT2D eigenvalue weighted by Gasteiger charge is -2.22. The van der Waals surface area contributed by atoms with E-state index in [9.17, 15) is 4.39 Å². The van der Waals surface area contributed by atoms with Crippen LogP contribution in [0.2, 0.25) is 5.02 Å². The Morgan fingerprint density at radius 2 is 2.19 bits per heavy atom. The fourth-order valence-electron chi connectivity index (χ4n) is 1.61. The van der Waals surface area contributed by atoms with Gasteiger partial charge in [0.2, 0.25) is 0 Å². The summed E-state index contributed by atoms with van der Waals surface area (Å²) in [5.74, 6) is -0.381. The maximum Gasteiger partial charge on any atom is 0.146 e. The second kappa shape index (κ2) is 6.18. The van der Waals surface area contributed by atoms with Crippen LogP contribution in [0, 0.1) is 5.82 Å². The molecule has 0 aromatic heterocycles. The summed E-state index contributed by atoms with van der Waals surface area (Å²) in [4.78, 5) is 0. The number of nitrogens with one attached hydrogen (secondary N) is 1. The minimum Gasteiger partial charge on any atom is -0.395 e. The zero-order chi connectivity index (χ0) is 12.1. The van der Waals surface area contributed by atoms with E-state index in [4.69, 9.17) is 16.7 Å². The van der Waals surface area contributed by atoms with Crippen molar-refractivity contribution in [2.24, 2.45) is 0 Å². The van der Waals surface area contributed by atoms with E-state index in [0.717, 1.165) is 6.42 Å². The number of rotatable bonds is 5. The van der Waals surface area contributed by atoms with E-state index >= 15 is 0 Å². The molecule has 2 atom stereocenters. The van der Waals surface area contributed by atoms with E-state index in [2.05, 4.69) is 5.32 Å². The van der Waals surface area contributed by atoms with Crippen LogP contribution in [0.15, 0.2) is 18.2 Å². The molecule has 0 aliphatic rings. The van der Waals surface area contributed by atoms with Crippen LogP contribution < -0.4 is 5.32 Å². The highest BCUT2D eigenvalue weighted by atomic mass is 35.5. The number of benzene rings is 1. The highest BCUT2D eigenvalue weighted by Gasteiger charge is 2.17. The van der Waals surface area contributed by atoms with Crippen molar-refractivity contribution in [1.29, 1.82) is 0 Å². The van der Waals surface area contributed by atoms with Gasteiger partial charge in [0.25, 0.3) is 0 Å². The van der Waals surface area contributed by atoms with Gasteiger partial charge in [-0.15, -0.1) is 0 Å². The Kier molecular flexibility index (Phi) is 5.19. The molecule has 1 aromatic carbocycles. The first-order valence-corrected chi connectivity index (χ1v) is 5.78. The van der Waals surface area contributed by atoms with Crippen LogP contribution in [-0.4, -0.2) is 17.8 Å². The summed E-state index contributed by atoms with van der Waals surface area (Å²) < 4.78 is 13.8. The SMILES string of the molecule is CCC(N[C@@H](C)CO)c1cccc(Cl)c1F. The summed E-state index contributed by atoms with van der Waals surface area (Å²) in [5, 5.41) is 12.3. The Labute approximate surface area is 100 Å². The Bertz CT molecular complexity index is 346. The Morgan fingerprint density at radius 1 is 1.50 bits per heavy atom. The van der Waals surface area contributed by atoms with Crippen LogP contribution in [0.4, 0.5) is 4.39 Å². The Morgan fingerprint density at radius 3 is 2.75 bits per heavy atom. The van der Waals surface area contributed by atoms with Crippen LogP contribution in [-0.2, 0) is 0 Å². The van der Waals surface area contributed by atoms with Gasteiger partial charge in [0.1, 0.15) is 5.82 Å². The number of aliphatic hydroxyl groups excluding tert-OH is 1. The molecule has 0 aliphatic heterocycles. The molecular formula is C12H17ClFNO. The van der Waals surface area contributed by atoms with Crippen molar-refractivity contribution in [3.8, 4) is 0 Å². The molecule has 1 rings (SSSR count). The summed E-state index contributed by atoms with van der Waals surface area (Å²) in [6.45, 7) is 3.84. The number of hydrogen-bond donors (Lipinski definition) is 2. The molecule has 2 N–H and O–H groups in total. The lowest BCUT2D eigenvalue weighted by atomic mass is 10.0. The number of halogens is 2. The Hall–Kier alpha value is -0.640. The first-order chi connectivity index (χ1) is 7.60. The van der Waals surface area contributed by atoms with Gasteiger partial charge in [-0.1, -0.05) is 30.7 Å². The molecule has 0 fully saturated rings. The third-order valence-corrected chi connectivity index (χ3v) is 2.82. The van der Waals surface area contributed by atoms with Crippen molar-refractivity contribution < 1.29 is 9.50 Å². The lowest BCUT2D eigenvalue weighted by Crippen LogP contribution is -2.33. The first kappa shape index (κ1) is 13.4. The maximum absolute atomic E-state index is 13.8. The quantitative estimate of drug-likeness (QED) is 0.836. The van der Waals surface area contributed by atoms with E-state index in [-0.39, 0.29) is 29.5 Å². The molecule has 0 bridgehead atoms. The lowest BCUT2D eigenvalue weighted by molar-refractivity contribution is 0.238. The predicted molar refractivity (Wildman–Crippen MR) is 64.1 cm³/mol. The van der Waals surface area contributed by atoms with Gasteiger partial charge in [-0.05, 0) is 19.4 Å². The number of hydrogen-bond acceptors (Lipinski definition) is 2. The van der Waals surface area contributed by atoms with E-state index in [0.29, 0.717) is 5.56 Å². The molecule has 2 nitrogen and oxygen atoms in total. The Balaban J connectivity index is 2.90. The van der Waals surface area contributed by atoms with Gasteiger partial charge >= 0.3 is 0 Å². The van der Waals surface area contributed by atoms with Crippen LogP contribution in [0.1, 0.15) is 31.9 Å². The van der Waals surface area contributed by atoms with E-state index in [1.807, 2.05) is 13.8 Å². The van der Waals surface area contributed by atoms with Crippen LogP contribution >= 0.6 is 11.6 Å². The minimum absolute atomic E-state index is 0.0265. The molecule has 0 amide bonds. The number of aliphatic hydroxyl groups is 1. The van der Waals surface area contributed by atoms with Gasteiger partial charge < -0.3 is 10.4 Å². The minimum atomic E-state index is -0.381. The molecule has 90 valence electrons. The van der Waals surface area contributed by atoms with Crippen molar-refractivity contribution in [3.63, 3.8) is 0 Å². The fourth-order valence-corrected chi connectivity index (χ4v) is 1.80. The van der Waals surface area contributed by atoms with Gasteiger partial charge in [0, 0.05) is 17.6 Å². The van der Waals surface area contributed by atoms with Crippen LogP contribution in [0.3, 0.4) is 0 Å². The summed E-state index contributed by atoms with van der Waals surface area (Å²) >= 11 is 5.73. The molecule has 4 heteroatoms. The normalized spacial score (nSPS) is 14.8. The average Bonchev–Trinajstić information content (AvgIpc) is 2.29. The van der Waals surface area contributed by atoms with Crippen molar-refractivity contribution in [2.45, 2.75) is 32.4 Å². The van der Waals surface area contributed by atoms with Crippen LogP contribution in [0.5, 0.6) is 0 Å². The molecule has 0 saturated heterocycles. The third-order valence-electron chi connectivity index (χ3n) is 2.52. The summed E-state index contributed by atoms with van der Waals surface area (Å²) in [7, 11) is 0. The molecule has 1 aromatic rings. The zero-order valence-corrected chi connectivity index (χ0v) is 10.3. The highest BCUT2D eigenvalue weighted by Crippen LogP contribution is 2.25. The van der Waals surface area contributed by atoms with E-state index in [1.54, 1.807) is 12.1 Å². The molecule has 0 heterocycles. The summed E-state index contributed by atoms with van der Waals surface area (Å²) in [6.07, 6.45) is 0.738. The molecular weight excluding hydrogens is 229 g/mol.